The highest BCUT2D eigenvalue weighted by molar-refractivity contribution is 5.90. The molecule has 2 aromatic rings. The zero-order chi connectivity index (χ0) is 19.1. The maximum Gasteiger partial charge on any atom is 0.337 e. The topological polar surface area (TPSA) is 78.9 Å². The standard InChI is InChI=1S/C20H20O6/c1-4-26-20(23)17(13-5-9-15(10-6-13)18(21)24-2)14-7-11-16(12-8-14)19(22)25-3/h5-12,17H,4H2,1-3H3. The van der Waals surface area contributed by atoms with Gasteiger partial charge in [-0.3, -0.25) is 4.79 Å². The van der Waals surface area contributed by atoms with E-state index in [0.29, 0.717) is 22.3 Å². The van der Waals surface area contributed by atoms with Crippen LogP contribution in [0, 0.1) is 0 Å². The molecular formula is C20H20O6. The van der Waals surface area contributed by atoms with Crippen molar-refractivity contribution in [1.29, 1.82) is 0 Å². The van der Waals surface area contributed by atoms with Crippen LogP contribution in [0.4, 0.5) is 0 Å². The third-order valence-corrected chi connectivity index (χ3v) is 3.85. The molecule has 2 rings (SSSR count). The van der Waals surface area contributed by atoms with Gasteiger partial charge in [0, 0.05) is 0 Å². The second kappa shape index (κ2) is 8.80. The van der Waals surface area contributed by atoms with Gasteiger partial charge in [-0.05, 0) is 42.3 Å². The normalized spacial score (nSPS) is 10.3. The van der Waals surface area contributed by atoms with Crippen molar-refractivity contribution in [3.8, 4) is 0 Å². The van der Waals surface area contributed by atoms with Crippen LogP contribution in [0.5, 0.6) is 0 Å². The Hall–Kier alpha value is -3.15. The van der Waals surface area contributed by atoms with Crippen LogP contribution in [0.15, 0.2) is 48.5 Å². The first-order valence-electron chi connectivity index (χ1n) is 8.05. The quantitative estimate of drug-likeness (QED) is 0.585. The van der Waals surface area contributed by atoms with Crippen LogP contribution in [0.2, 0.25) is 0 Å². The van der Waals surface area contributed by atoms with Crippen molar-refractivity contribution >= 4 is 17.9 Å². The number of carbonyl (C=O) groups excluding carboxylic acids is 3. The van der Waals surface area contributed by atoms with Crippen molar-refractivity contribution in [3.05, 3.63) is 70.8 Å². The number of hydrogen-bond donors (Lipinski definition) is 0. The van der Waals surface area contributed by atoms with Gasteiger partial charge in [0.1, 0.15) is 5.92 Å². The van der Waals surface area contributed by atoms with Crippen molar-refractivity contribution in [2.75, 3.05) is 20.8 Å². The van der Waals surface area contributed by atoms with E-state index in [0.717, 1.165) is 0 Å². The third kappa shape index (κ3) is 4.27. The molecule has 2 aromatic carbocycles. The van der Waals surface area contributed by atoms with E-state index in [2.05, 4.69) is 9.47 Å². The van der Waals surface area contributed by atoms with Gasteiger partial charge in [-0.15, -0.1) is 0 Å². The van der Waals surface area contributed by atoms with Crippen LogP contribution in [0.25, 0.3) is 0 Å². The zero-order valence-electron chi connectivity index (χ0n) is 14.9. The van der Waals surface area contributed by atoms with Gasteiger partial charge >= 0.3 is 17.9 Å². The van der Waals surface area contributed by atoms with Crippen LogP contribution in [-0.4, -0.2) is 38.7 Å². The predicted octanol–water partition coefficient (Wildman–Crippen LogP) is 2.95. The Bertz CT molecular complexity index is 717. The fourth-order valence-corrected chi connectivity index (χ4v) is 2.55. The molecule has 0 radical (unpaired) electrons. The van der Waals surface area contributed by atoms with Gasteiger partial charge in [0.25, 0.3) is 0 Å². The largest absolute Gasteiger partial charge is 0.465 e. The fraction of sp³-hybridized carbons (Fsp3) is 0.250. The number of esters is 3. The lowest BCUT2D eigenvalue weighted by molar-refractivity contribution is -0.143. The summed E-state index contributed by atoms with van der Waals surface area (Å²) in [6, 6.07) is 13.1. The van der Waals surface area contributed by atoms with E-state index >= 15 is 0 Å². The number of methoxy groups -OCH3 is 2. The van der Waals surface area contributed by atoms with Crippen LogP contribution >= 0.6 is 0 Å². The van der Waals surface area contributed by atoms with E-state index in [1.165, 1.54) is 14.2 Å². The summed E-state index contributed by atoms with van der Waals surface area (Å²) in [6.45, 7) is 1.98. The summed E-state index contributed by atoms with van der Waals surface area (Å²) in [6.07, 6.45) is 0. The molecule has 0 unspecified atom stereocenters. The van der Waals surface area contributed by atoms with E-state index in [1.54, 1.807) is 55.5 Å². The minimum atomic E-state index is -0.673. The van der Waals surface area contributed by atoms with Gasteiger partial charge < -0.3 is 14.2 Å². The lowest BCUT2D eigenvalue weighted by atomic mass is 9.90. The maximum atomic E-state index is 12.5. The van der Waals surface area contributed by atoms with Gasteiger partial charge in [-0.1, -0.05) is 24.3 Å². The van der Waals surface area contributed by atoms with Gasteiger partial charge in [0.15, 0.2) is 0 Å². The Kier molecular flexibility index (Phi) is 6.49. The van der Waals surface area contributed by atoms with Crippen molar-refractivity contribution in [3.63, 3.8) is 0 Å². The molecular weight excluding hydrogens is 336 g/mol. The summed E-state index contributed by atoms with van der Waals surface area (Å²) in [5.41, 5.74) is 2.11. The van der Waals surface area contributed by atoms with Crippen molar-refractivity contribution in [1.82, 2.24) is 0 Å². The third-order valence-electron chi connectivity index (χ3n) is 3.85. The van der Waals surface area contributed by atoms with E-state index < -0.39 is 23.8 Å². The highest BCUT2D eigenvalue weighted by Gasteiger charge is 2.25. The monoisotopic (exact) mass is 356 g/mol. The first kappa shape index (κ1) is 19.2. The molecule has 26 heavy (non-hydrogen) atoms. The van der Waals surface area contributed by atoms with Crippen LogP contribution in [0.3, 0.4) is 0 Å². The molecule has 6 nitrogen and oxygen atoms in total. The molecule has 136 valence electrons. The summed E-state index contributed by atoms with van der Waals surface area (Å²) >= 11 is 0. The minimum absolute atomic E-state index is 0.246. The molecule has 0 bridgehead atoms. The summed E-state index contributed by atoms with van der Waals surface area (Å²) in [4.78, 5) is 35.6. The number of carbonyl (C=O) groups is 3. The van der Waals surface area contributed by atoms with Crippen LogP contribution in [-0.2, 0) is 19.0 Å². The van der Waals surface area contributed by atoms with Gasteiger partial charge in [0.05, 0.1) is 32.0 Å². The molecule has 0 aromatic heterocycles. The predicted molar refractivity (Wildman–Crippen MR) is 94.0 cm³/mol. The van der Waals surface area contributed by atoms with E-state index in [4.69, 9.17) is 4.74 Å². The number of rotatable bonds is 6. The Labute approximate surface area is 151 Å². The molecule has 0 aliphatic rings. The van der Waals surface area contributed by atoms with Crippen molar-refractivity contribution in [2.45, 2.75) is 12.8 Å². The number of benzene rings is 2. The summed E-state index contributed by atoms with van der Waals surface area (Å²) in [5, 5.41) is 0. The first-order valence-corrected chi connectivity index (χ1v) is 8.05. The highest BCUT2D eigenvalue weighted by atomic mass is 16.5. The Balaban J connectivity index is 2.39. The smallest absolute Gasteiger partial charge is 0.337 e. The summed E-state index contributed by atoms with van der Waals surface area (Å²) in [5.74, 6) is -1.99. The lowest BCUT2D eigenvalue weighted by Gasteiger charge is -2.17. The van der Waals surface area contributed by atoms with Gasteiger partial charge in [-0.2, -0.15) is 0 Å². The molecule has 0 fully saturated rings. The van der Waals surface area contributed by atoms with Crippen molar-refractivity contribution in [2.24, 2.45) is 0 Å². The SMILES string of the molecule is CCOC(=O)C(c1ccc(C(=O)OC)cc1)c1ccc(C(=O)OC)cc1. The highest BCUT2D eigenvalue weighted by Crippen LogP contribution is 2.27. The average molecular weight is 356 g/mol. The first-order chi connectivity index (χ1) is 12.5. The fourth-order valence-electron chi connectivity index (χ4n) is 2.55. The van der Waals surface area contributed by atoms with Crippen LogP contribution in [0.1, 0.15) is 44.7 Å². The molecule has 0 aliphatic carbocycles. The van der Waals surface area contributed by atoms with E-state index in [-0.39, 0.29) is 6.61 Å². The van der Waals surface area contributed by atoms with Gasteiger partial charge in [-0.25, -0.2) is 9.59 Å². The Morgan fingerprint density at radius 1 is 0.769 bits per heavy atom. The molecule has 0 spiro atoms. The molecule has 0 saturated carbocycles. The molecule has 0 heterocycles. The zero-order valence-corrected chi connectivity index (χ0v) is 14.9. The summed E-state index contributed by atoms with van der Waals surface area (Å²) in [7, 11) is 2.61. The number of ether oxygens (including phenoxy) is 3. The lowest BCUT2D eigenvalue weighted by Crippen LogP contribution is -2.17. The summed E-state index contributed by atoms with van der Waals surface area (Å²) < 4.78 is 14.5. The molecule has 6 heteroatoms. The van der Waals surface area contributed by atoms with E-state index in [9.17, 15) is 14.4 Å². The average Bonchev–Trinajstić information content (AvgIpc) is 2.68. The second-order valence-electron chi connectivity index (χ2n) is 5.41. The number of hydrogen-bond acceptors (Lipinski definition) is 6. The Morgan fingerprint density at radius 2 is 1.15 bits per heavy atom. The molecule has 0 N–H and O–H groups in total. The second-order valence-corrected chi connectivity index (χ2v) is 5.41. The maximum absolute atomic E-state index is 12.5. The molecule has 0 aliphatic heterocycles. The van der Waals surface area contributed by atoms with Gasteiger partial charge in [0.2, 0.25) is 0 Å². The van der Waals surface area contributed by atoms with Crippen LogP contribution < -0.4 is 0 Å². The minimum Gasteiger partial charge on any atom is -0.465 e. The molecule has 0 atom stereocenters. The Morgan fingerprint density at radius 3 is 1.46 bits per heavy atom. The van der Waals surface area contributed by atoms with E-state index in [1.807, 2.05) is 0 Å². The molecule has 0 amide bonds. The van der Waals surface area contributed by atoms with Crippen molar-refractivity contribution < 1.29 is 28.6 Å². The molecule has 0 saturated heterocycles.